The van der Waals surface area contributed by atoms with E-state index >= 15 is 8.78 Å². The van der Waals surface area contributed by atoms with Crippen molar-refractivity contribution in [2.75, 3.05) is 27.3 Å². The van der Waals surface area contributed by atoms with Gasteiger partial charge in [0.25, 0.3) is 0 Å². The number of nitrogens with zero attached hydrogens (tertiary/aromatic N) is 3. The molecule has 0 saturated heterocycles. The van der Waals surface area contributed by atoms with Crippen molar-refractivity contribution in [1.29, 1.82) is 0 Å². The van der Waals surface area contributed by atoms with E-state index in [0.717, 1.165) is 24.5 Å². The number of hydrogen-bond acceptors (Lipinski definition) is 6. The second-order valence-corrected chi connectivity index (χ2v) is 6.53. The molecule has 0 bridgehead atoms. The van der Waals surface area contributed by atoms with Crippen molar-refractivity contribution < 1.29 is 27.4 Å². The Morgan fingerprint density at radius 2 is 2.03 bits per heavy atom. The Balaban J connectivity index is 2.51. The molecule has 0 aliphatic rings. The second kappa shape index (κ2) is 10.3. The van der Waals surface area contributed by atoms with E-state index in [9.17, 15) is 13.9 Å². The molecule has 0 aliphatic carbocycles. The number of aliphatic hydroxyl groups is 1. The number of nitrogens with two attached hydrogens (primary N) is 1. The highest BCUT2D eigenvalue weighted by atomic mass is 19.3. The Kier molecular flexibility index (Phi) is 8.08. The van der Waals surface area contributed by atoms with Crippen LogP contribution in [0.25, 0.3) is 6.08 Å². The van der Waals surface area contributed by atoms with Gasteiger partial charge in [-0.25, -0.2) is 14.6 Å². The van der Waals surface area contributed by atoms with E-state index in [1.807, 2.05) is 0 Å². The van der Waals surface area contributed by atoms with Crippen molar-refractivity contribution in [3.8, 4) is 0 Å². The average molecular weight is 441 g/mol. The first kappa shape index (κ1) is 24.3. The molecule has 4 N–H and O–H groups in total. The fourth-order valence-corrected chi connectivity index (χ4v) is 2.80. The van der Waals surface area contributed by atoms with E-state index < -0.39 is 41.0 Å². The lowest BCUT2D eigenvalue weighted by Gasteiger charge is -2.37. The maximum Gasteiger partial charge on any atom is 0.323 e. The Hall–Kier alpha value is -3.02. The van der Waals surface area contributed by atoms with Crippen LogP contribution >= 0.6 is 0 Å². The van der Waals surface area contributed by atoms with Crippen molar-refractivity contribution in [3.05, 3.63) is 71.1 Å². The number of benzene rings is 1. The highest BCUT2D eigenvalue weighted by molar-refractivity contribution is 5.54. The quantitative estimate of drug-likeness (QED) is 0.172. The number of hydrazone groups is 1. The highest BCUT2D eigenvalue weighted by Gasteiger charge is 2.58. The lowest BCUT2D eigenvalue weighted by Crippen LogP contribution is -2.54. The van der Waals surface area contributed by atoms with Crippen molar-refractivity contribution in [3.63, 3.8) is 0 Å². The van der Waals surface area contributed by atoms with Crippen molar-refractivity contribution in [1.82, 2.24) is 15.4 Å². The van der Waals surface area contributed by atoms with Crippen LogP contribution < -0.4 is 11.3 Å². The van der Waals surface area contributed by atoms with Gasteiger partial charge in [-0.3, -0.25) is 9.99 Å². The monoisotopic (exact) mass is 441 g/mol. The van der Waals surface area contributed by atoms with Crippen LogP contribution in [0.5, 0.6) is 0 Å². The number of ether oxygens (including phenoxy) is 1. The summed E-state index contributed by atoms with van der Waals surface area (Å²) in [5.41, 5.74) is -2.01. The molecule has 1 unspecified atom stereocenters. The SMILES string of the molecule is CN/N=C\N(N)CC(O)(c1ccc(F)cc1F)C(F)(F)c1ccc(/C=C/COC)cn1. The summed E-state index contributed by atoms with van der Waals surface area (Å²) in [6.45, 7) is -0.660. The van der Waals surface area contributed by atoms with Crippen LogP contribution in [0.4, 0.5) is 17.6 Å². The summed E-state index contributed by atoms with van der Waals surface area (Å²) < 4.78 is 63.7. The lowest BCUT2D eigenvalue weighted by atomic mass is 9.84. The molecular weight excluding hydrogens is 418 g/mol. The van der Waals surface area contributed by atoms with Gasteiger partial charge in [-0.05, 0) is 23.8 Å². The predicted molar refractivity (Wildman–Crippen MR) is 108 cm³/mol. The number of hydrazine groups is 1. The molecule has 168 valence electrons. The molecular formula is C20H23F4N5O2. The third-order valence-electron chi connectivity index (χ3n) is 4.32. The van der Waals surface area contributed by atoms with E-state index in [1.54, 1.807) is 12.2 Å². The molecule has 0 amide bonds. The van der Waals surface area contributed by atoms with E-state index in [1.165, 1.54) is 26.4 Å². The van der Waals surface area contributed by atoms with Gasteiger partial charge in [0.05, 0.1) is 13.2 Å². The zero-order valence-corrected chi connectivity index (χ0v) is 16.9. The van der Waals surface area contributed by atoms with Crippen molar-refractivity contribution in [2.24, 2.45) is 10.9 Å². The van der Waals surface area contributed by atoms with Crippen molar-refractivity contribution in [2.45, 2.75) is 11.5 Å². The smallest absolute Gasteiger partial charge is 0.323 e. The van der Waals surface area contributed by atoms with Crippen LogP contribution in [0.15, 0.2) is 47.7 Å². The zero-order valence-electron chi connectivity index (χ0n) is 16.9. The molecule has 2 aromatic rings. The van der Waals surface area contributed by atoms with Crippen LogP contribution in [0.1, 0.15) is 16.8 Å². The van der Waals surface area contributed by atoms with Gasteiger partial charge >= 0.3 is 5.92 Å². The van der Waals surface area contributed by atoms with Crippen LogP contribution in [0.3, 0.4) is 0 Å². The van der Waals surface area contributed by atoms with Crippen LogP contribution in [-0.2, 0) is 16.3 Å². The molecule has 0 fully saturated rings. The molecule has 1 aromatic carbocycles. The summed E-state index contributed by atoms with van der Waals surface area (Å²) >= 11 is 0. The molecule has 11 heteroatoms. The Morgan fingerprint density at radius 1 is 1.29 bits per heavy atom. The number of hydrogen-bond donors (Lipinski definition) is 3. The number of aromatic nitrogens is 1. The van der Waals surface area contributed by atoms with Gasteiger partial charge in [-0.15, -0.1) is 0 Å². The summed E-state index contributed by atoms with van der Waals surface area (Å²) in [6, 6.07) is 4.26. The standard InChI is InChI=1S/C20H23F4N5O2/c1-26-28-13-29(25)12-19(30,16-7-6-15(21)10-17(16)22)20(23,24)18-8-5-14(11-27-18)4-3-9-31-2/h3-8,10-11,13,26,30H,9,12,25H2,1-2H3/b4-3+,28-13-. The molecule has 0 spiro atoms. The normalized spacial score (nSPS) is 14.2. The molecule has 1 atom stereocenters. The van der Waals surface area contributed by atoms with Gasteiger partial charge in [0.2, 0.25) is 0 Å². The first-order valence-corrected chi connectivity index (χ1v) is 9.04. The summed E-state index contributed by atoms with van der Waals surface area (Å²) in [6.07, 6.45) is 5.37. The molecule has 1 heterocycles. The van der Waals surface area contributed by atoms with Crippen LogP contribution in [0, 0.1) is 11.6 Å². The molecule has 0 radical (unpaired) electrons. The fourth-order valence-electron chi connectivity index (χ4n) is 2.80. The maximum atomic E-state index is 15.5. The molecule has 2 rings (SSSR count). The summed E-state index contributed by atoms with van der Waals surface area (Å²) in [7, 11) is 2.95. The minimum atomic E-state index is -4.12. The third-order valence-corrected chi connectivity index (χ3v) is 4.32. The minimum absolute atomic E-state index is 0.321. The zero-order chi connectivity index (χ0) is 23.1. The van der Waals surface area contributed by atoms with Gasteiger partial charge in [-0.1, -0.05) is 18.2 Å². The maximum absolute atomic E-state index is 15.5. The number of methoxy groups -OCH3 is 1. The van der Waals surface area contributed by atoms with E-state index in [-0.39, 0.29) is 0 Å². The summed E-state index contributed by atoms with van der Waals surface area (Å²) in [5, 5.41) is 15.3. The predicted octanol–water partition coefficient (Wildman–Crippen LogP) is 2.34. The molecule has 0 saturated carbocycles. The second-order valence-electron chi connectivity index (χ2n) is 6.53. The van der Waals surface area contributed by atoms with Gasteiger partial charge in [0.1, 0.15) is 23.7 Å². The number of halogens is 4. The largest absolute Gasteiger partial charge is 0.381 e. The summed E-state index contributed by atoms with van der Waals surface area (Å²) in [4.78, 5) is 3.73. The fraction of sp³-hybridized carbons (Fsp3) is 0.300. The Labute approximate surface area is 176 Å². The third kappa shape index (κ3) is 5.57. The van der Waals surface area contributed by atoms with Gasteiger partial charge in [0, 0.05) is 32.0 Å². The Bertz CT molecular complexity index is 924. The molecule has 31 heavy (non-hydrogen) atoms. The Morgan fingerprint density at radius 3 is 2.61 bits per heavy atom. The minimum Gasteiger partial charge on any atom is -0.381 e. The first-order chi connectivity index (χ1) is 14.7. The topological polar surface area (TPSA) is 96.0 Å². The van der Waals surface area contributed by atoms with Crippen LogP contribution in [0.2, 0.25) is 0 Å². The van der Waals surface area contributed by atoms with E-state index in [4.69, 9.17) is 10.6 Å². The highest BCUT2D eigenvalue weighted by Crippen LogP contribution is 2.45. The number of nitrogens with one attached hydrogen (secondary N) is 1. The first-order valence-electron chi connectivity index (χ1n) is 9.04. The summed E-state index contributed by atoms with van der Waals surface area (Å²) in [5.74, 6) is -0.825. The van der Waals surface area contributed by atoms with Gasteiger partial charge in [-0.2, -0.15) is 13.9 Å². The van der Waals surface area contributed by atoms with Gasteiger partial charge in [0.15, 0.2) is 5.60 Å². The van der Waals surface area contributed by atoms with Gasteiger partial charge < -0.3 is 15.3 Å². The number of rotatable bonds is 10. The van der Waals surface area contributed by atoms with E-state index in [2.05, 4.69) is 15.5 Å². The average Bonchev–Trinajstić information content (AvgIpc) is 2.72. The number of pyridine rings is 1. The van der Waals surface area contributed by atoms with E-state index in [0.29, 0.717) is 23.2 Å². The van der Waals surface area contributed by atoms with Crippen molar-refractivity contribution >= 4 is 12.4 Å². The molecule has 1 aromatic heterocycles. The lowest BCUT2D eigenvalue weighted by molar-refractivity contribution is -0.203. The number of alkyl halides is 2. The molecule has 7 nitrogen and oxygen atoms in total. The van der Waals surface area contributed by atoms with Crippen LogP contribution in [-0.4, -0.2) is 48.7 Å². The molecule has 0 aliphatic heterocycles.